The fourth-order valence-corrected chi connectivity index (χ4v) is 11.3. The molecule has 3 N–H and O–H groups in total. The van der Waals surface area contributed by atoms with E-state index in [9.17, 15) is 19.8 Å². The van der Waals surface area contributed by atoms with Crippen LogP contribution in [-0.2, 0) is 14.3 Å². The van der Waals surface area contributed by atoms with Gasteiger partial charge in [0, 0.05) is 12.8 Å². The lowest BCUT2D eigenvalue weighted by Crippen LogP contribution is -2.45. The largest absolute Gasteiger partial charge is 0.466 e. The molecule has 0 radical (unpaired) electrons. The third kappa shape index (κ3) is 63.5. The lowest BCUT2D eigenvalue weighted by atomic mass is 10.0. The molecule has 78 heavy (non-hydrogen) atoms. The monoisotopic (exact) mass is 1100 g/mol. The molecule has 0 aromatic rings. The maximum absolute atomic E-state index is 12.5. The second-order valence-corrected chi connectivity index (χ2v) is 24.6. The molecular formula is C72H139NO5. The van der Waals surface area contributed by atoms with Gasteiger partial charge in [-0.25, -0.2) is 0 Å². The molecule has 6 heteroatoms. The molecule has 0 bridgehead atoms. The van der Waals surface area contributed by atoms with Crippen LogP contribution in [0.25, 0.3) is 0 Å². The number of nitrogens with one attached hydrogen (secondary N) is 1. The summed E-state index contributed by atoms with van der Waals surface area (Å²) >= 11 is 0. The highest BCUT2D eigenvalue weighted by atomic mass is 16.5. The summed E-state index contributed by atoms with van der Waals surface area (Å²) in [6, 6.07) is -0.631. The lowest BCUT2D eigenvalue weighted by molar-refractivity contribution is -0.143. The van der Waals surface area contributed by atoms with Crippen molar-refractivity contribution in [2.45, 2.75) is 411 Å². The van der Waals surface area contributed by atoms with E-state index in [2.05, 4.69) is 31.3 Å². The molecule has 462 valence electrons. The van der Waals surface area contributed by atoms with Crippen molar-refractivity contribution in [3.8, 4) is 0 Å². The van der Waals surface area contributed by atoms with E-state index in [1.165, 1.54) is 334 Å². The number of aliphatic hydroxyl groups excluding tert-OH is 2. The number of esters is 1. The predicted molar refractivity (Wildman–Crippen MR) is 343 cm³/mol. The van der Waals surface area contributed by atoms with Gasteiger partial charge in [-0.2, -0.15) is 0 Å². The van der Waals surface area contributed by atoms with Crippen molar-refractivity contribution < 1.29 is 24.5 Å². The zero-order valence-electron chi connectivity index (χ0n) is 52.9. The normalized spacial score (nSPS) is 12.6. The van der Waals surface area contributed by atoms with E-state index in [-0.39, 0.29) is 18.5 Å². The number of aliphatic hydroxyl groups is 2. The average Bonchev–Trinajstić information content (AvgIpc) is 3.44. The van der Waals surface area contributed by atoms with Crippen molar-refractivity contribution in [3.05, 3.63) is 24.3 Å². The van der Waals surface area contributed by atoms with Crippen LogP contribution >= 0.6 is 0 Å². The molecule has 0 aliphatic carbocycles. The maximum Gasteiger partial charge on any atom is 0.305 e. The van der Waals surface area contributed by atoms with Gasteiger partial charge in [0.05, 0.1) is 25.4 Å². The molecule has 1 amide bonds. The van der Waals surface area contributed by atoms with Gasteiger partial charge in [0.15, 0.2) is 0 Å². The number of carbonyl (C=O) groups is 2. The summed E-state index contributed by atoms with van der Waals surface area (Å²) in [5, 5.41) is 23.2. The second-order valence-electron chi connectivity index (χ2n) is 24.6. The molecule has 0 aliphatic heterocycles. The molecule has 0 rings (SSSR count). The first-order valence-corrected chi connectivity index (χ1v) is 35.6. The first-order chi connectivity index (χ1) is 38.5. The van der Waals surface area contributed by atoms with Crippen LogP contribution in [0.1, 0.15) is 399 Å². The van der Waals surface area contributed by atoms with Crippen LogP contribution in [0.3, 0.4) is 0 Å². The number of hydrogen-bond acceptors (Lipinski definition) is 5. The summed E-state index contributed by atoms with van der Waals surface area (Å²) in [7, 11) is 0. The van der Waals surface area contributed by atoms with Crippen molar-refractivity contribution in [2.75, 3.05) is 13.2 Å². The molecule has 0 fully saturated rings. The lowest BCUT2D eigenvalue weighted by Gasteiger charge is -2.20. The Hall–Kier alpha value is -1.66. The predicted octanol–water partition coefficient (Wildman–Crippen LogP) is 22.9. The smallest absolute Gasteiger partial charge is 0.305 e. The van der Waals surface area contributed by atoms with Gasteiger partial charge in [0.1, 0.15) is 0 Å². The summed E-state index contributed by atoms with van der Waals surface area (Å²) in [5.41, 5.74) is 0. The molecular weight excluding hydrogens is 959 g/mol. The van der Waals surface area contributed by atoms with Gasteiger partial charge in [-0.1, -0.05) is 353 Å². The van der Waals surface area contributed by atoms with Crippen LogP contribution in [0.5, 0.6) is 0 Å². The van der Waals surface area contributed by atoms with Crippen molar-refractivity contribution in [3.63, 3.8) is 0 Å². The fraction of sp³-hybridized carbons (Fsp3) is 0.917. The third-order valence-electron chi connectivity index (χ3n) is 16.7. The van der Waals surface area contributed by atoms with Gasteiger partial charge in [0.25, 0.3) is 0 Å². The minimum absolute atomic E-state index is 0.0173. The first kappa shape index (κ1) is 76.3. The van der Waals surface area contributed by atoms with Gasteiger partial charge in [-0.15, -0.1) is 0 Å². The molecule has 0 spiro atoms. The Bertz CT molecular complexity index is 1220. The van der Waals surface area contributed by atoms with Crippen LogP contribution in [-0.4, -0.2) is 47.4 Å². The quantitative estimate of drug-likeness (QED) is 0.0320. The van der Waals surface area contributed by atoms with E-state index in [0.29, 0.717) is 19.4 Å². The van der Waals surface area contributed by atoms with Crippen LogP contribution in [0, 0.1) is 0 Å². The van der Waals surface area contributed by atoms with Crippen LogP contribution < -0.4 is 5.32 Å². The number of allylic oxidation sites excluding steroid dienone is 3. The number of carbonyl (C=O) groups excluding carboxylic acids is 2. The molecule has 6 nitrogen and oxygen atoms in total. The van der Waals surface area contributed by atoms with Gasteiger partial charge < -0.3 is 20.3 Å². The summed E-state index contributed by atoms with van der Waals surface area (Å²) < 4.78 is 5.50. The highest BCUT2D eigenvalue weighted by Gasteiger charge is 2.18. The average molecular weight is 1100 g/mol. The van der Waals surface area contributed by atoms with Crippen molar-refractivity contribution >= 4 is 11.9 Å². The zero-order valence-corrected chi connectivity index (χ0v) is 52.9. The molecule has 0 saturated carbocycles. The Kier molecular flexibility index (Phi) is 66.4. The first-order valence-electron chi connectivity index (χ1n) is 35.6. The van der Waals surface area contributed by atoms with Gasteiger partial charge in [-0.3, -0.25) is 9.59 Å². The Morgan fingerprint density at radius 2 is 0.603 bits per heavy atom. The molecule has 0 heterocycles. The fourth-order valence-electron chi connectivity index (χ4n) is 11.3. The second kappa shape index (κ2) is 67.8. The van der Waals surface area contributed by atoms with Crippen molar-refractivity contribution in [1.82, 2.24) is 5.32 Å². The van der Waals surface area contributed by atoms with Crippen LogP contribution in [0.15, 0.2) is 24.3 Å². The summed E-state index contributed by atoms with van der Waals surface area (Å²) in [6.07, 6.45) is 85.4. The Labute approximate surface area is 488 Å². The van der Waals surface area contributed by atoms with Crippen LogP contribution in [0.2, 0.25) is 0 Å². The number of hydrogen-bond donors (Lipinski definition) is 3. The number of rotatable bonds is 67. The molecule has 0 aliphatic rings. The molecule has 2 unspecified atom stereocenters. The van der Waals surface area contributed by atoms with Crippen molar-refractivity contribution in [1.29, 1.82) is 0 Å². The molecule has 0 aromatic carbocycles. The minimum Gasteiger partial charge on any atom is -0.466 e. The molecule has 0 saturated heterocycles. The van der Waals surface area contributed by atoms with E-state index >= 15 is 0 Å². The minimum atomic E-state index is -0.847. The van der Waals surface area contributed by atoms with Crippen molar-refractivity contribution in [2.24, 2.45) is 0 Å². The van der Waals surface area contributed by atoms with E-state index in [0.717, 1.165) is 38.5 Å². The van der Waals surface area contributed by atoms with E-state index in [1.54, 1.807) is 6.08 Å². The third-order valence-corrected chi connectivity index (χ3v) is 16.7. The highest BCUT2D eigenvalue weighted by molar-refractivity contribution is 5.76. The summed E-state index contributed by atoms with van der Waals surface area (Å²) in [4.78, 5) is 24.6. The highest BCUT2D eigenvalue weighted by Crippen LogP contribution is 2.19. The van der Waals surface area contributed by atoms with Crippen LogP contribution in [0.4, 0.5) is 0 Å². The van der Waals surface area contributed by atoms with Gasteiger partial charge in [-0.05, 0) is 57.8 Å². The maximum atomic E-state index is 12.5. The molecule has 2 atom stereocenters. The van der Waals surface area contributed by atoms with Gasteiger partial charge in [0.2, 0.25) is 5.91 Å². The Morgan fingerprint density at radius 3 is 0.910 bits per heavy atom. The zero-order chi connectivity index (χ0) is 56.4. The Balaban J connectivity index is 3.41. The Morgan fingerprint density at radius 1 is 0.346 bits per heavy atom. The topological polar surface area (TPSA) is 95.9 Å². The molecule has 0 aromatic heterocycles. The van der Waals surface area contributed by atoms with E-state index < -0.39 is 12.1 Å². The number of ether oxygens (including phenoxy) is 1. The number of amides is 1. The van der Waals surface area contributed by atoms with E-state index in [4.69, 9.17) is 4.74 Å². The summed E-state index contributed by atoms with van der Waals surface area (Å²) in [6.45, 7) is 4.95. The summed E-state index contributed by atoms with van der Waals surface area (Å²) in [5.74, 6) is -0.0499. The standard InChI is InChI=1S/C72H139NO5/c1-3-5-7-9-11-13-15-17-19-21-22-30-33-36-40-44-48-52-56-60-64-70(75)69(68-74)73-71(76)65-61-57-53-49-45-41-37-34-31-28-26-24-23-25-27-29-32-35-39-43-47-51-55-59-63-67-78-72(77)66-62-58-54-50-46-42-38-20-18-16-14-12-10-8-6-4-2/h24,26,60,64,69-70,74-75H,3-23,25,27-59,61-63,65-68H2,1-2H3,(H,73,76)/b26-24-,64-60+. The van der Waals surface area contributed by atoms with Gasteiger partial charge >= 0.3 is 5.97 Å². The SMILES string of the molecule is CCCCCCCCCCCCCCCCCCCC/C=C/C(O)C(CO)NC(=O)CCCCCCCCCCC/C=C\CCCCCCCCCCCCCCOC(=O)CCCCCCCCCCCCCCCCCC. The van der Waals surface area contributed by atoms with E-state index in [1.807, 2.05) is 6.08 Å². The number of unbranched alkanes of at least 4 members (excludes halogenated alkanes) is 54.